The van der Waals surface area contributed by atoms with E-state index >= 15 is 0 Å². The Balaban J connectivity index is 1.68. The summed E-state index contributed by atoms with van der Waals surface area (Å²) < 4.78 is 4.67. The zero-order valence-electron chi connectivity index (χ0n) is 18.0. The number of carbonyl (C=O) groups is 1. The molecule has 2 rings (SSSR count). The van der Waals surface area contributed by atoms with Gasteiger partial charge < -0.3 is 14.9 Å². The van der Waals surface area contributed by atoms with Crippen molar-refractivity contribution in [3.05, 3.63) is 30.3 Å². The number of hydrogen-bond donors (Lipinski definition) is 2. The molecule has 0 radical (unpaired) electrons. The summed E-state index contributed by atoms with van der Waals surface area (Å²) in [4.78, 5) is 12.3. The third-order valence-corrected chi connectivity index (χ3v) is 7.55. The second-order valence-electron chi connectivity index (χ2n) is 8.73. The normalized spacial score (nSPS) is 23.7. The van der Waals surface area contributed by atoms with Crippen molar-refractivity contribution in [2.45, 2.75) is 87.7 Å². The van der Waals surface area contributed by atoms with E-state index in [0.717, 1.165) is 57.8 Å². The maximum Gasteiger partial charge on any atom is 0.305 e. The molecule has 0 saturated heterocycles. The van der Waals surface area contributed by atoms with Gasteiger partial charge in [0.1, 0.15) is 0 Å². The van der Waals surface area contributed by atoms with E-state index in [2.05, 4.69) is 16.9 Å². The highest BCUT2D eigenvalue weighted by Gasteiger charge is 2.35. The van der Waals surface area contributed by atoms with Crippen LogP contribution in [0.25, 0.3) is 0 Å². The largest absolute Gasteiger partial charge is 0.469 e. The molecule has 4 nitrogen and oxygen atoms in total. The predicted octanol–water partition coefficient (Wildman–Crippen LogP) is 5.21. The number of aliphatic hydroxyl groups excluding tert-OH is 1. The van der Waals surface area contributed by atoms with Crippen molar-refractivity contribution in [2.24, 2.45) is 11.8 Å². The smallest absolute Gasteiger partial charge is 0.305 e. The van der Waals surface area contributed by atoms with Gasteiger partial charge in [-0.3, -0.25) is 4.79 Å². The Morgan fingerprint density at radius 2 is 1.86 bits per heavy atom. The molecule has 1 saturated carbocycles. The summed E-state index contributed by atoms with van der Waals surface area (Å²) in [7, 11) is 1.44. The van der Waals surface area contributed by atoms with Crippen LogP contribution < -0.4 is 0 Å². The van der Waals surface area contributed by atoms with Gasteiger partial charge >= 0.3 is 5.97 Å². The summed E-state index contributed by atoms with van der Waals surface area (Å²) >= 11 is 1.69. The fraction of sp³-hybridized carbons (Fsp3) is 0.708. The molecular formula is C24H38O4S. The van der Waals surface area contributed by atoms with Crippen LogP contribution in [0.5, 0.6) is 0 Å². The fourth-order valence-corrected chi connectivity index (χ4v) is 5.32. The molecule has 0 heterocycles. The van der Waals surface area contributed by atoms with E-state index in [-0.39, 0.29) is 12.1 Å². The molecule has 1 aliphatic carbocycles. The number of hydrogen-bond acceptors (Lipinski definition) is 5. The standard InChI is InChI=1S/C24H38O4S/c1-24(27,18-29-20-11-7-5-8-12-20)17-16-21-19(14-15-22(21)25)10-6-3-4-9-13-23(26)28-2/h5,7-8,11-12,19,21-22,25,27H,3-4,6,9-10,13-18H2,1-2H3/t19?,21?,22-,24?/m1/s1. The Kier molecular flexibility index (Phi) is 10.5. The lowest BCUT2D eigenvalue weighted by Gasteiger charge is -2.28. The Bertz CT molecular complexity index is 590. The second-order valence-corrected chi connectivity index (χ2v) is 9.78. The van der Waals surface area contributed by atoms with Crippen LogP contribution in [0.4, 0.5) is 0 Å². The zero-order valence-corrected chi connectivity index (χ0v) is 18.8. The van der Waals surface area contributed by atoms with Gasteiger partial charge in [0.2, 0.25) is 0 Å². The van der Waals surface area contributed by atoms with Crippen molar-refractivity contribution in [3.63, 3.8) is 0 Å². The summed E-state index contributed by atoms with van der Waals surface area (Å²) in [6.07, 6.45) is 9.24. The molecule has 0 spiro atoms. The van der Waals surface area contributed by atoms with Gasteiger partial charge in [-0.05, 0) is 63.0 Å². The van der Waals surface area contributed by atoms with Crippen LogP contribution in [0.2, 0.25) is 0 Å². The van der Waals surface area contributed by atoms with Gasteiger partial charge in [-0.1, -0.05) is 43.9 Å². The highest BCUT2D eigenvalue weighted by molar-refractivity contribution is 7.99. The molecule has 1 aromatic rings. The van der Waals surface area contributed by atoms with Gasteiger partial charge in [-0.25, -0.2) is 0 Å². The predicted molar refractivity (Wildman–Crippen MR) is 119 cm³/mol. The minimum absolute atomic E-state index is 0.124. The van der Waals surface area contributed by atoms with Crippen molar-refractivity contribution >= 4 is 17.7 Å². The third-order valence-electron chi connectivity index (χ3n) is 6.18. The molecule has 0 aliphatic heterocycles. The van der Waals surface area contributed by atoms with E-state index in [9.17, 15) is 15.0 Å². The maximum absolute atomic E-state index is 11.1. The fourth-order valence-electron chi connectivity index (χ4n) is 4.35. The Hall–Kier alpha value is -1.04. The number of ether oxygens (including phenoxy) is 1. The molecule has 5 heteroatoms. The van der Waals surface area contributed by atoms with Crippen LogP contribution in [-0.2, 0) is 9.53 Å². The number of methoxy groups -OCH3 is 1. The third kappa shape index (κ3) is 9.10. The summed E-state index contributed by atoms with van der Waals surface area (Å²) in [5, 5.41) is 21.3. The summed E-state index contributed by atoms with van der Waals surface area (Å²) in [6.45, 7) is 1.92. The topological polar surface area (TPSA) is 66.8 Å². The van der Waals surface area contributed by atoms with Gasteiger partial charge in [-0.15, -0.1) is 11.8 Å². The van der Waals surface area contributed by atoms with E-state index < -0.39 is 5.60 Å². The molecule has 2 N–H and O–H groups in total. The summed E-state index contributed by atoms with van der Waals surface area (Å²) in [6, 6.07) is 10.2. The molecule has 0 aromatic heterocycles. The number of aliphatic hydroxyl groups is 2. The van der Waals surface area contributed by atoms with E-state index in [1.54, 1.807) is 11.8 Å². The lowest BCUT2D eigenvalue weighted by molar-refractivity contribution is -0.140. The first-order chi connectivity index (χ1) is 13.9. The van der Waals surface area contributed by atoms with E-state index in [4.69, 9.17) is 0 Å². The Labute approximate surface area is 180 Å². The van der Waals surface area contributed by atoms with E-state index in [1.165, 1.54) is 12.0 Å². The van der Waals surface area contributed by atoms with Crippen LogP contribution in [0.1, 0.15) is 71.1 Å². The summed E-state index contributed by atoms with van der Waals surface area (Å²) in [5.74, 6) is 1.41. The quantitative estimate of drug-likeness (QED) is 0.259. The SMILES string of the molecule is COC(=O)CCCCCCC1CC[C@@H](O)C1CCC(C)(O)CSc1ccccc1. The van der Waals surface area contributed by atoms with Crippen LogP contribution in [0, 0.1) is 11.8 Å². The Morgan fingerprint density at radius 1 is 1.14 bits per heavy atom. The minimum atomic E-state index is -0.721. The molecular weight excluding hydrogens is 384 g/mol. The van der Waals surface area contributed by atoms with Crippen LogP contribution in [0.3, 0.4) is 0 Å². The van der Waals surface area contributed by atoms with Crippen LogP contribution >= 0.6 is 11.8 Å². The number of carbonyl (C=O) groups excluding carboxylic acids is 1. The number of rotatable bonds is 13. The lowest BCUT2D eigenvalue weighted by Crippen LogP contribution is -2.30. The van der Waals surface area contributed by atoms with Crippen LogP contribution in [-0.4, -0.2) is 40.8 Å². The van der Waals surface area contributed by atoms with Crippen molar-refractivity contribution in [2.75, 3.05) is 12.9 Å². The van der Waals surface area contributed by atoms with Crippen molar-refractivity contribution in [3.8, 4) is 0 Å². The molecule has 164 valence electrons. The number of unbranched alkanes of at least 4 members (excludes halogenated alkanes) is 3. The first kappa shape index (κ1) is 24.2. The highest BCUT2D eigenvalue weighted by atomic mass is 32.2. The maximum atomic E-state index is 11.1. The van der Waals surface area contributed by atoms with E-state index in [1.807, 2.05) is 25.1 Å². The summed E-state index contributed by atoms with van der Waals surface area (Å²) in [5.41, 5.74) is -0.721. The molecule has 1 fully saturated rings. The zero-order chi connectivity index (χ0) is 21.1. The number of benzene rings is 1. The van der Waals surface area contributed by atoms with Gasteiger partial charge in [0.25, 0.3) is 0 Å². The van der Waals surface area contributed by atoms with Gasteiger partial charge in [0, 0.05) is 17.1 Å². The van der Waals surface area contributed by atoms with Gasteiger partial charge in [0.05, 0.1) is 18.8 Å². The molecule has 1 aliphatic rings. The van der Waals surface area contributed by atoms with Crippen molar-refractivity contribution < 1.29 is 19.7 Å². The monoisotopic (exact) mass is 422 g/mol. The average Bonchev–Trinajstić information content (AvgIpc) is 3.07. The molecule has 3 unspecified atom stereocenters. The van der Waals surface area contributed by atoms with Crippen LogP contribution in [0.15, 0.2) is 35.2 Å². The molecule has 1 aromatic carbocycles. The Morgan fingerprint density at radius 3 is 2.59 bits per heavy atom. The molecule has 4 atom stereocenters. The lowest BCUT2D eigenvalue weighted by atomic mass is 9.84. The van der Waals surface area contributed by atoms with Crippen molar-refractivity contribution in [1.82, 2.24) is 0 Å². The molecule has 29 heavy (non-hydrogen) atoms. The minimum Gasteiger partial charge on any atom is -0.469 e. The molecule has 0 amide bonds. The van der Waals surface area contributed by atoms with E-state index in [0.29, 0.717) is 24.0 Å². The average molecular weight is 423 g/mol. The van der Waals surface area contributed by atoms with Crippen molar-refractivity contribution in [1.29, 1.82) is 0 Å². The number of thioether (sulfide) groups is 1. The number of esters is 1. The van der Waals surface area contributed by atoms with Gasteiger partial charge in [0.15, 0.2) is 0 Å². The highest BCUT2D eigenvalue weighted by Crippen LogP contribution is 2.40. The first-order valence-corrected chi connectivity index (χ1v) is 12.0. The first-order valence-electron chi connectivity index (χ1n) is 11.1. The van der Waals surface area contributed by atoms with Gasteiger partial charge in [-0.2, -0.15) is 0 Å². The molecule has 0 bridgehead atoms. The second kappa shape index (κ2) is 12.6.